The zero-order valence-corrected chi connectivity index (χ0v) is 13.1. The lowest BCUT2D eigenvalue weighted by atomic mass is 10.1. The van der Waals surface area contributed by atoms with Crippen LogP contribution in [-0.4, -0.2) is 18.5 Å². The molecule has 2 rings (SSSR count). The van der Waals surface area contributed by atoms with Crippen LogP contribution in [0.1, 0.15) is 17.1 Å². The predicted octanol–water partition coefficient (Wildman–Crippen LogP) is 3.80. The van der Waals surface area contributed by atoms with Crippen molar-refractivity contribution in [2.75, 3.05) is 11.9 Å². The molecule has 0 radical (unpaired) electrons. The molecule has 0 aliphatic carbocycles. The molecule has 132 valence electrons. The van der Waals surface area contributed by atoms with Gasteiger partial charge in [0.15, 0.2) is 6.61 Å². The number of para-hydroxylation sites is 1. The smallest absolute Gasteiger partial charge is 0.418 e. The Balaban J connectivity index is 1.89. The maximum atomic E-state index is 12.8. The number of halogens is 3. The quantitative estimate of drug-likeness (QED) is 0.656. The molecule has 0 bridgehead atoms. The van der Waals surface area contributed by atoms with Crippen LogP contribution >= 0.6 is 0 Å². The second kappa shape index (κ2) is 7.69. The molecule has 0 atom stereocenters. The van der Waals surface area contributed by atoms with Gasteiger partial charge < -0.3 is 14.5 Å². The maximum absolute atomic E-state index is 12.8. The number of furan rings is 1. The summed E-state index contributed by atoms with van der Waals surface area (Å²) in [7, 11) is 0. The summed E-state index contributed by atoms with van der Waals surface area (Å²) in [5.41, 5.74) is -1.39. The van der Waals surface area contributed by atoms with Gasteiger partial charge in [-0.2, -0.15) is 13.2 Å². The van der Waals surface area contributed by atoms with E-state index in [1.54, 1.807) is 19.1 Å². The number of benzene rings is 1. The van der Waals surface area contributed by atoms with Gasteiger partial charge in [-0.25, -0.2) is 4.79 Å². The summed E-state index contributed by atoms with van der Waals surface area (Å²) >= 11 is 0. The number of esters is 1. The van der Waals surface area contributed by atoms with Crippen LogP contribution in [0.4, 0.5) is 18.9 Å². The highest BCUT2D eigenvalue weighted by molar-refractivity contribution is 5.95. The number of hydrogen-bond acceptors (Lipinski definition) is 4. The van der Waals surface area contributed by atoms with Crippen molar-refractivity contribution >= 4 is 23.6 Å². The van der Waals surface area contributed by atoms with E-state index in [1.807, 2.05) is 0 Å². The number of nitrogens with one attached hydrogen (secondary N) is 1. The fourth-order valence-electron chi connectivity index (χ4n) is 1.90. The molecule has 25 heavy (non-hydrogen) atoms. The first-order valence-electron chi connectivity index (χ1n) is 7.13. The summed E-state index contributed by atoms with van der Waals surface area (Å²) in [6.07, 6.45) is -2.20. The van der Waals surface area contributed by atoms with E-state index in [4.69, 9.17) is 4.42 Å². The Morgan fingerprint density at radius 1 is 1.20 bits per heavy atom. The van der Waals surface area contributed by atoms with Crippen LogP contribution in [0.3, 0.4) is 0 Å². The number of amides is 1. The largest absolute Gasteiger partial charge is 0.462 e. The zero-order valence-electron chi connectivity index (χ0n) is 13.1. The lowest BCUT2D eigenvalue weighted by Crippen LogP contribution is -2.22. The number of hydrogen-bond donors (Lipinski definition) is 1. The highest BCUT2D eigenvalue weighted by Crippen LogP contribution is 2.34. The second-order valence-electron chi connectivity index (χ2n) is 4.98. The van der Waals surface area contributed by atoms with E-state index in [-0.39, 0.29) is 0 Å². The van der Waals surface area contributed by atoms with Gasteiger partial charge in [0.2, 0.25) is 0 Å². The van der Waals surface area contributed by atoms with Gasteiger partial charge in [-0.3, -0.25) is 4.79 Å². The third kappa shape index (κ3) is 5.52. The highest BCUT2D eigenvalue weighted by Gasteiger charge is 2.33. The normalized spacial score (nSPS) is 11.5. The summed E-state index contributed by atoms with van der Waals surface area (Å²) < 4.78 is 48.3. The molecule has 0 unspecified atom stereocenters. The van der Waals surface area contributed by atoms with Gasteiger partial charge in [0.1, 0.15) is 11.5 Å². The van der Waals surface area contributed by atoms with Gasteiger partial charge in [0.05, 0.1) is 11.3 Å². The molecule has 0 fully saturated rings. The van der Waals surface area contributed by atoms with Crippen LogP contribution < -0.4 is 5.32 Å². The lowest BCUT2D eigenvalue weighted by Gasteiger charge is -2.13. The molecule has 1 aromatic heterocycles. The van der Waals surface area contributed by atoms with Gasteiger partial charge in [-0.15, -0.1) is 0 Å². The molecule has 1 N–H and O–H groups in total. The fraction of sp³-hybridized carbons (Fsp3) is 0.176. The van der Waals surface area contributed by atoms with Crippen LogP contribution in [0.2, 0.25) is 0 Å². The standard InChI is InChI=1S/C17H14F3NO4/c1-11-6-7-12(25-11)8-9-16(23)24-10-15(22)21-14-5-3-2-4-13(14)17(18,19)20/h2-9H,10H2,1H3,(H,21,22). The first kappa shape index (κ1) is 18.3. The number of alkyl halides is 3. The fourth-order valence-corrected chi connectivity index (χ4v) is 1.90. The molecular weight excluding hydrogens is 339 g/mol. The maximum Gasteiger partial charge on any atom is 0.418 e. The van der Waals surface area contributed by atoms with Crippen LogP contribution in [0.25, 0.3) is 6.08 Å². The topological polar surface area (TPSA) is 68.5 Å². The lowest BCUT2D eigenvalue weighted by molar-refractivity contribution is -0.142. The van der Waals surface area contributed by atoms with Gasteiger partial charge in [0, 0.05) is 6.08 Å². The zero-order chi connectivity index (χ0) is 18.4. The summed E-state index contributed by atoms with van der Waals surface area (Å²) in [5.74, 6) is -0.616. The van der Waals surface area contributed by atoms with Crippen LogP contribution in [-0.2, 0) is 20.5 Å². The van der Waals surface area contributed by atoms with Crippen molar-refractivity contribution in [3.63, 3.8) is 0 Å². The summed E-state index contributed by atoms with van der Waals surface area (Å²) in [5, 5.41) is 2.07. The van der Waals surface area contributed by atoms with Crippen LogP contribution in [0, 0.1) is 6.92 Å². The molecule has 5 nitrogen and oxygen atoms in total. The van der Waals surface area contributed by atoms with Crippen molar-refractivity contribution in [2.24, 2.45) is 0 Å². The van der Waals surface area contributed by atoms with E-state index in [0.717, 1.165) is 18.2 Å². The molecule has 0 aliphatic heterocycles. The van der Waals surface area contributed by atoms with Crippen molar-refractivity contribution < 1.29 is 31.9 Å². The van der Waals surface area contributed by atoms with Gasteiger partial charge >= 0.3 is 12.1 Å². The van der Waals surface area contributed by atoms with Gasteiger partial charge in [-0.1, -0.05) is 12.1 Å². The first-order valence-corrected chi connectivity index (χ1v) is 7.13. The van der Waals surface area contributed by atoms with Gasteiger partial charge in [-0.05, 0) is 37.3 Å². The monoisotopic (exact) mass is 353 g/mol. The molecule has 0 saturated carbocycles. The third-order valence-corrected chi connectivity index (χ3v) is 3.00. The predicted molar refractivity (Wildman–Crippen MR) is 83.5 cm³/mol. The third-order valence-electron chi connectivity index (χ3n) is 3.00. The van der Waals surface area contributed by atoms with Crippen molar-refractivity contribution in [3.8, 4) is 0 Å². The van der Waals surface area contributed by atoms with Crippen molar-refractivity contribution in [1.82, 2.24) is 0 Å². The molecule has 1 amide bonds. The Morgan fingerprint density at radius 3 is 2.56 bits per heavy atom. The minimum absolute atomic E-state index is 0.405. The summed E-state index contributed by atoms with van der Waals surface area (Å²) in [4.78, 5) is 23.2. The molecule has 2 aromatic rings. The summed E-state index contributed by atoms with van der Waals surface area (Å²) in [6, 6.07) is 7.86. The number of carbonyl (C=O) groups is 2. The Bertz CT molecular complexity index is 793. The number of anilines is 1. The van der Waals surface area contributed by atoms with Crippen LogP contribution in [0.15, 0.2) is 46.9 Å². The van der Waals surface area contributed by atoms with E-state index in [9.17, 15) is 22.8 Å². The molecule has 8 heteroatoms. The number of aryl methyl sites for hydroxylation is 1. The van der Waals surface area contributed by atoms with Crippen LogP contribution in [0.5, 0.6) is 0 Å². The van der Waals surface area contributed by atoms with E-state index in [2.05, 4.69) is 10.1 Å². The van der Waals surface area contributed by atoms with Crippen molar-refractivity contribution in [2.45, 2.75) is 13.1 Å². The first-order chi connectivity index (χ1) is 11.8. The second-order valence-corrected chi connectivity index (χ2v) is 4.98. The molecule has 0 spiro atoms. The minimum atomic E-state index is -4.61. The van der Waals surface area contributed by atoms with Crippen molar-refractivity contribution in [1.29, 1.82) is 0 Å². The Hall–Kier alpha value is -3.03. The summed E-state index contributed by atoms with van der Waals surface area (Å²) in [6.45, 7) is 1.02. The average molecular weight is 353 g/mol. The molecule has 0 aliphatic rings. The minimum Gasteiger partial charge on any atom is -0.462 e. The SMILES string of the molecule is Cc1ccc(C=CC(=O)OCC(=O)Nc2ccccc2C(F)(F)F)o1. The Kier molecular flexibility index (Phi) is 5.63. The van der Waals surface area contributed by atoms with E-state index >= 15 is 0 Å². The van der Waals surface area contributed by atoms with Crippen molar-refractivity contribution in [3.05, 3.63) is 59.6 Å². The number of ether oxygens (including phenoxy) is 1. The Labute approximate surface area is 141 Å². The molecular formula is C17H14F3NO4. The average Bonchev–Trinajstić information content (AvgIpc) is 2.96. The Morgan fingerprint density at radius 2 is 1.92 bits per heavy atom. The van der Waals surface area contributed by atoms with Gasteiger partial charge in [0.25, 0.3) is 5.91 Å². The highest BCUT2D eigenvalue weighted by atomic mass is 19.4. The van der Waals surface area contributed by atoms with E-state index < -0.39 is 35.9 Å². The molecule has 1 aromatic carbocycles. The number of carbonyl (C=O) groups excluding carboxylic acids is 2. The molecule has 1 heterocycles. The molecule has 0 saturated heterocycles. The number of rotatable bonds is 5. The van der Waals surface area contributed by atoms with E-state index in [0.29, 0.717) is 11.5 Å². The van der Waals surface area contributed by atoms with E-state index in [1.165, 1.54) is 18.2 Å².